The number of carbonyl (C=O) groups is 2. The second-order valence-electron chi connectivity index (χ2n) is 9.60. The van der Waals surface area contributed by atoms with Gasteiger partial charge in [-0.3, -0.25) is 14.5 Å². The molecule has 1 atom stereocenters. The van der Waals surface area contributed by atoms with Gasteiger partial charge in [0, 0.05) is 5.75 Å². The number of rotatable bonds is 11. The van der Waals surface area contributed by atoms with Crippen molar-refractivity contribution in [3.05, 3.63) is 131 Å². The quantitative estimate of drug-likeness (QED) is 0.0943. The maximum absolute atomic E-state index is 13.6. The minimum Gasteiger partial charge on any atom is -0.503 e. The summed E-state index contributed by atoms with van der Waals surface area (Å²) in [6, 6.07) is 22.7. The highest BCUT2D eigenvalue weighted by atomic mass is 32.2. The molecule has 222 valence electrons. The number of hydrogen-bond acceptors (Lipinski definition) is 10. The Hall–Kier alpha value is -4.94. The van der Waals surface area contributed by atoms with Crippen LogP contribution in [0.2, 0.25) is 0 Å². The Balaban J connectivity index is 1.33. The van der Waals surface area contributed by atoms with E-state index in [9.17, 15) is 19.1 Å². The standard InChI is InChI=1S/C32H24FN3O6S2/c1-40-25-16-21(11-14-23(25)42-17-19-6-3-2-4-7-19)27-26(28(37)24-8-5-15-41-24)29(38)30(39)36(27)31-34-35-32(44-31)43-18-20-9-12-22(33)13-10-20/h2-16,27,38H,17-18H2,1H3. The molecule has 2 aromatic heterocycles. The summed E-state index contributed by atoms with van der Waals surface area (Å²) in [4.78, 5) is 28.4. The molecular formula is C32H24FN3O6S2. The second-order valence-corrected chi connectivity index (χ2v) is 11.8. The first-order valence-electron chi connectivity index (χ1n) is 13.3. The fourth-order valence-electron chi connectivity index (χ4n) is 4.68. The summed E-state index contributed by atoms with van der Waals surface area (Å²) in [5.74, 6) is -1.20. The number of aliphatic hydroxyl groups excluding tert-OH is 1. The van der Waals surface area contributed by atoms with Crippen molar-refractivity contribution in [3.8, 4) is 11.5 Å². The van der Waals surface area contributed by atoms with Gasteiger partial charge in [0.25, 0.3) is 5.91 Å². The van der Waals surface area contributed by atoms with Gasteiger partial charge in [0.1, 0.15) is 12.4 Å². The van der Waals surface area contributed by atoms with Gasteiger partial charge in [-0.05, 0) is 53.1 Å². The van der Waals surface area contributed by atoms with Crippen molar-refractivity contribution >= 4 is 39.9 Å². The van der Waals surface area contributed by atoms with E-state index < -0.39 is 23.5 Å². The van der Waals surface area contributed by atoms with Crippen LogP contribution in [0, 0.1) is 5.82 Å². The number of furan rings is 1. The molecule has 1 aliphatic heterocycles. The molecule has 0 saturated heterocycles. The Morgan fingerprint density at radius 1 is 1.02 bits per heavy atom. The van der Waals surface area contributed by atoms with Gasteiger partial charge in [-0.25, -0.2) is 4.39 Å². The van der Waals surface area contributed by atoms with Gasteiger partial charge in [0.2, 0.25) is 10.9 Å². The van der Waals surface area contributed by atoms with Crippen LogP contribution in [0.25, 0.3) is 0 Å². The zero-order valence-electron chi connectivity index (χ0n) is 23.2. The number of hydrogen-bond donors (Lipinski definition) is 1. The van der Waals surface area contributed by atoms with Crippen molar-refractivity contribution in [2.24, 2.45) is 0 Å². The number of amides is 1. The molecule has 1 amide bonds. The number of Topliss-reactive ketones (excluding diaryl/α,β-unsaturated/α-hetero) is 1. The second kappa shape index (κ2) is 12.7. The smallest absolute Gasteiger partial charge is 0.296 e. The van der Waals surface area contributed by atoms with Crippen LogP contribution in [0.1, 0.15) is 33.3 Å². The van der Waals surface area contributed by atoms with Crippen molar-refractivity contribution in [2.45, 2.75) is 22.7 Å². The van der Waals surface area contributed by atoms with Crippen LogP contribution in [0.5, 0.6) is 11.5 Å². The first-order valence-corrected chi connectivity index (χ1v) is 15.1. The van der Waals surface area contributed by atoms with Crippen LogP contribution in [0.3, 0.4) is 0 Å². The average molecular weight is 630 g/mol. The molecule has 0 aliphatic carbocycles. The highest BCUT2D eigenvalue weighted by Gasteiger charge is 2.47. The predicted molar refractivity (Wildman–Crippen MR) is 163 cm³/mol. The number of ketones is 1. The van der Waals surface area contributed by atoms with Crippen LogP contribution in [-0.2, 0) is 17.2 Å². The number of aliphatic hydroxyl groups is 1. The summed E-state index contributed by atoms with van der Waals surface area (Å²) in [6.45, 7) is 0.302. The molecular weight excluding hydrogens is 605 g/mol. The zero-order chi connectivity index (χ0) is 30.6. The Morgan fingerprint density at radius 2 is 1.82 bits per heavy atom. The summed E-state index contributed by atoms with van der Waals surface area (Å²) in [5.41, 5.74) is 2.16. The highest BCUT2D eigenvalue weighted by molar-refractivity contribution is 8.00. The first kappa shape index (κ1) is 29.1. The molecule has 44 heavy (non-hydrogen) atoms. The minimum absolute atomic E-state index is 0.0335. The van der Waals surface area contributed by atoms with Gasteiger partial charge in [-0.15, -0.1) is 10.2 Å². The molecule has 1 N–H and O–H groups in total. The van der Waals surface area contributed by atoms with Crippen LogP contribution in [-0.4, -0.2) is 34.1 Å². The third kappa shape index (κ3) is 5.94. The van der Waals surface area contributed by atoms with E-state index in [0.717, 1.165) is 22.5 Å². The maximum Gasteiger partial charge on any atom is 0.296 e. The molecule has 0 fully saturated rings. The molecule has 0 spiro atoms. The van der Waals surface area contributed by atoms with Gasteiger partial charge < -0.3 is 19.0 Å². The number of benzene rings is 3. The Morgan fingerprint density at radius 3 is 2.55 bits per heavy atom. The third-order valence-electron chi connectivity index (χ3n) is 6.82. The van der Waals surface area contributed by atoms with Crippen LogP contribution < -0.4 is 14.4 Å². The molecule has 1 aliphatic rings. The fourth-order valence-corrected chi connectivity index (χ4v) is 6.51. The number of carbonyl (C=O) groups excluding carboxylic acids is 2. The predicted octanol–water partition coefficient (Wildman–Crippen LogP) is 6.93. The maximum atomic E-state index is 13.6. The molecule has 0 radical (unpaired) electrons. The number of halogens is 1. The van der Waals surface area contributed by atoms with E-state index in [1.807, 2.05) is 30.3 Å². The van der Waals surface area contributed by atoms with E-state index in [4.69, 9.17) is 13.9 Å². The summed E-state index contributed by atoms with van der Waals surface area (Å²) in [7, 11) is 1.49. The van der Waals surface area contributed by atoms with Crippen molar-refractivity contribution in [1.29, 1.82) is 0 Å². The zero-order valence-corrected chi connectivity index (χ0v) is 24.8. The molecule has 6 rings (SSSR count). The van der Waals surface area contributed by atoms with Gasteiger partial charge in [-0.1, -0.05) is 71.6 Å². The van der Waals surface area contributed by atoms with E-state index in [0.29, 0.717) is 33.8 Å². The molecule has 0 bridgehead atoms. The van der Waals surface area contributed by atoms with Crippen LogP contribution in [0.4, 0.5) is 9.52 Å². The summed E-state index contributed by atoms with van der Waals surface area (Å²) >= 11 is 2.49. The van der Waals surface area contributed by atoms with Crippen LogP contribution in [0.15, 0.2) is 111 Å². The van der Waals surface area contributed by atoms with Gasteiger partial charge in [0.15, 0.2) is 27.4 Å². The minimum atomic E-state index is -1.07. The number of anilines is 1. The molecule has 9 nitrogen and oxygen atoms in total. The third-order valence-corrected chi connectivity index (χ3v) is 8.94. The Bertz CT molecular complexity index is 1820. The fraction of sp³-hybridized carbons (Fsp3) is 0.125. The van der Waals surface area contributed by atoms with E-state index >= 15 is 0 Å². The van der Waals surface area contributed by atoms with Crippen LogP contribution >= 0.6 is 23.1 Å². The Kier molecular flexibility index (Phi) is 8.44. The molecule has 5 aromatic rings. The molecule has 0 saturated carbocycles. The summed E-state index contributed by atoms with van der Waals surface area (Å²) < 4.78 is 30.8. The van der Waals surface area contributed by atoms with Crippen molar-refractivity contribution in [3.63, 3.8) is 0 Å². The number of nitrogens with zero attached hydrogens (tertiary/aromatic N) is 3. The van der Waals surface area contributed by atoms with E-state index in [1.54, 1.807) is 36.4 Å². The lowest BCUT2D eigenvalue weighted by atomic mass is 9.95. The van der Waals surface area contributed by atoms with Crippen molar-refractivity contribution in [2.75, 3.05) is 12.0 Å². The molecule has 12 heteroatoms. The van der Waals surface area contributed by atoms with E-state index in [1.165, 1.54) is 48.2 Å². The lowest BCUT2D eigenvalue weighted by molar-refractivity contribution is -0.117. The van der Waals surface area contributed by atoms with Gasteiger partial charge >= 0.3 is 0 Å². The van der Waals surface area contributed by atoms with Gasteiger partial charge in [-0.2, -0.15) is 0 Å². The van der Waals surface area contributed by atoms with Crippen molar-refractivity contribution < 1.29 is 33.0 Å². The number of methoxy groups -OCH3 is 1. The summed E-state index contributed by atoms with van der Waals surface area (Å²) in [6.07, 6.45) is 1.34. The Labute approximate surface area is 259 Å². The highest BCUT2D eigenvalue weighted by Crippen LogP contribution is 2.45. The average Bonchev–Trinajstić information content (AvgIpc) is 3.81. The van der Waals surface area contributed by atoms with E-state index in [-0.39, 0.29) is 22.3 Å². The number of thioether (sulfide) groups is 1. The van der Waals surface area contributed by atoms with Gasteiger partial charge in [0.05, 0.1) is 25.0 Å². The first-order chi connectivity index (χ1) is 21.4. The SMILES string of the molecule is COc1cc(C2C(C(=O)c3ccco3)=C(O)C(=O)N2c2nnc(SCc3ccc(F)cc3)s2)ccc1OCc1ccccc1. The number of aromatic nitrogens is 2. The summed E-state index contributed by atoms with van der Waals surface area (Å²) in [5, 5.41) is 19.7. The lowest BCUT2D eigenvalue weighted by Gasteiger charge is -2.24. The molecule has 1 unspecified atom stereocenters. The number of ether oxygens (including phenoxy) is 2. The lowest BCUT2D eigenvalue weighted by Crippen LogP contribution is -2.31. The monoisotopic (exact) mass is 629 g/mol. The largest absolute Gasteiger partial charge is 0.503 e. The molecule has 3 heterocycles. The van der Waals surface area contributed by atoms with Crippen molar-refractivity contribution in [1.82, 2.24) is 10.2 Å². The van der Waals surface area contributed by atoms with E-state index in [2.05, 4.69) is 10.2 Å². The normalized spacial score (nSPS) is 14.7. The molecule has 3 aromatic carbocycles. The topological polar surface area (TPSA) is 115 Å².